The molecule has 0 radical (unpaired) electrons. The third-order valence-corrected chi connectivity index (χ3v) is 4.45. The summed E-state index contributed by atoms with van der Waals surface area (Å²) in [5, 5.41) is 14.6. The molecular weight excluding hydrogens is 270 g/mol. The summed E-state index contributed by atoms with van der Waals surface area (Å²) in [5.41, 5.74) is -0.534. The second-order valence-electron chi connectivity index (χ2n) is 7.29. The van der Waals surface area contributed by atoms with Crippen molar-refractivity contribution in [2.45, 2.75) is 58.0 Å². The van der Waals surface area contributed by atoms with E-state index < -0.39 is 23.5 Å². The molecule has 1 saturated carbocycles. The first kappa shape index (κ1) is 17.8. The van der Waals surface area contributed by atoms with Crippen LogP contribution in [0.3, 0.4) is 0 Å². The number of carboxylic acids is 1. The largest absolute Gasteiger partial charge is 0.480 e. The standard InChI is InChI=1S/C15H29N3O3/c1-14(2,3)11(12(19)20)17-13(21)16-10-15(18(4)5)8-6-7-9-15/h11H,6-10H2,1-5H3,(H,19,20)(H2,16,17,21)/t11-/m0/s1. The van der Waals surface area contributed by atoms with Crippen LogP contribution >= 0.6 is 0 Å². The average Bonchev–Trinajstić information content (AvgIpc) is 2.81. The number of carbonyl (C=O) groups excluding carboxylic acids is 1. The highest BCUT2D eigenvalue weighted by atomic mass is 16.4. The maximum absolute atomic E-state index is 12.0. The van der Waals surface area contributed by atoms with E-state index in [1.807, 2.05) is 14.1 Å². The molecule has 21 heavy (non-hydrogen) atoms. The molecule has 1 aliphatic rings. The van der Waals surface area contributed by atoms with Gasteiger partial charge in [-0.15, -0.1) is 0 Å². The minimum absolute atomic E-state index is 0.00219. The maximum Gasteiger partial charge on any atom is 0.326 e. The van der Waals surface area contributed by atoms with Gasteiger partial charge in [0.25, 0.3) is 0 Å². The van der Waals surface area contributed by atoms with Crippen LogP contribution in [-0.4, -0.2) is 54.2 Å². The third-order valence-electron chi connectivity index (χ3n) is 4.45. The smallest absolute Gasteiger partial charge is 0.326 e. The van der Waals surface area contributed by atoms with E-state index in [-0.39, 0.29) is 5.54 Å². The van der Waals surface area contributed by atoms with E-state index in [2.05, 4.69) is 15.5 Å². The monoisotopic (exact) mass is 299 g/mol. The molecule has 1 fully saturated rings. The number of hydrogen-bond donors (Lipinski definition) is 3. The molecule has 6 nitrogen and oxygen atoms in total. The van der Waals surface area contributed by atoms with Gasteiger partial charge in [-0.1, -0.05) is 33.6 Å². The third kappa shape index (κ3) is 4.59. The molecule has 0 saturated heterocycles. The van der Waals surface area contributed by atoms with E-state index in [9.17, 15) is 14.7 Å². The van der Waals surface area contributed by atoms with Crippen molar-refractivity contribution in [1.82, 2.24) is 15.5 Å². The molecule has 1 atom stereocenters. The van der Waals surface area contributed by atoms with Gasteiger partial charge in [-0.3, -0.25) is 0 Å². The van der Waals surface area contributed by atoms with Crippen LogP contribution in [0.15, 0.2) is 0 Å². The lowest BCUT2D eigenvalue weighted by Crippen LogP contribution is -2.56. The highest BCUT2D eigenvalue weighted by Crippen LogP contribution is 2.33. The average molecular weight is 299 g/mol. The van der Waals surface area contributed by atoms with E-state index in [0.717, 1.165) is 12.8 Å². The number of likely N-dealkylation sites (N-methyl/N-ethyl adjacent to an activating group) is 1. The Balaban J connectivity index is 2.59. The molecule has 6 heteroatoms. The number of carbonyl (C=O) groups is 2. The Hall–Kier alpha value is -1.30. The Kier molecular flexibility index (Phi) is 5.61. The summed E-state index contributed by atoms with van der Waals surface area (Å²) in [5.74, 6) is -1.01. The SMILES string of the molecule is CN(C)C1(CNC(=O)N[C@@H](C(=O)O)C(C)(C)C)CCCC1. The van der Waals surface area contributed by atoms with Gasteiger partial charge in [-0.05, 0) is 32.4 Å². The number of urea groups is 1. The second kappa shape index (κ2) is 6.64. The summed E-state index contributed by atoms with van der Waals surface area (Å²) in [6, 6.07) is -1.32. The summed E-state index contributed by atoms with van der Waals surface area (Å²) in [6.45, 7) is 5.93. The van der Waals surface area contributed by atoms with Crippen molar-refractivity contribution in [3.8, 4) is 0 Å². The molecule has 3 N–H and O–H groups in total. The molecule has 1 aliphatic carbocycles. The van der Waals surface area contributed by atoms with Gasteiger partial charge in [0.1, 0.15) is 6.04 Å². The van der Waals surface area contributed by atoms with Crippen LogP contribution in [0.25, 0.3) is 0 Å². The summed E-state index contributed by atoms with van der Waals surface area (Å²) in [4.78, 5) is 25.5. The summed E-state index contributed by atoms with van der Waals surface area (Å²) in [6.07, 6.45) is 4.45. The van der Waals surface area contributed by atoms with Crippen LogP contribution in [0.1, 0.15) is 46.5 Å². The first-order valence-electron chi connectivity index (χ1n) is 7.53. The Morgan fingerprint density at radius 3 is 2.14 bits per heavy atom. The number of carboxylic acid groups (broad SMARTS) is 1. The van der Waals surface area contributed by atoms with Crippen molar-refractivity contribution in [1.29, 1.82) is 0 Å². The van der Waals surface area contributed by atoms with Crippen LogP contribution in [0.5, 0.6) is 0 Å². The highest BCUT2D eigenvalue weighted by Gasteiger charge is 2.37. The van der Waals surface area contributed by atoms with Crippen molar-refractivity contribution in [3.63, 3.8) is 0 Å². The fraction of sp³-hybridized carbons (Fsp3) is 0.867. The van der Waals surface area contributed by atoms with Crippen LogP contribution in [0.4, 0.5) is 4.79 Å². The minimum atomic E-state index is -1.01. The topological polar surface area (TPSA) is 81.7 Å². The summed E-state index contributed by atoms with van der Waals surface area (Å²) in [7, 11) is 4.06. The van der Waals surface area contributed by atoms with Crippen LogP contribution < -0.4 is 10.6 Å². The van der Waals surface area contributed by atoms with Gasteiger partial charge in [-0.25, -0.2) is 9.59 Å². The highest BCUT2D eigenvalue weighted by molar-refractivity contribution is 5.83. The number of nitrogens with one attached hydrogen (secondary N) is 2. The molecule has 0 bridgehead atoms. The molecule has 1 rings (SSSR count). The maximum atomic E-state index is 12.0. The zero-order valence-corrected chi connectivity index (χ0v) is 13.8. The summed E-state index contributed by atoms with van der Waals surface area (Å²) < 4.78 is 0. The van der Waals surface area contributed by atoms with E-state index in [0.29, 0.717) is 6.54 Å². The minimum Gasteiger partial charge on any atom is -0.480 e. The fourth-order valence-corrected chi connectivity index (χ4v) is 2.89. The van der Waals surface area contributed by atoms with Crippen molar-refractivity contribution in [2.75, 3.05) is 20.6 Å². The molecule has 0 aliphatic heterocycles. The van der Waals surface area contributed by atoms with Gasteiger partial charge < -0.3 is 20.6 Å². The molecule has 2 amide bonds. The molecule has 0 aromatic rings. The molecule has 122 valence electrons. The van der Waals surface area contributed by atoms with Gasteiger partial charge >= 0.3 is 12.0 Å². The second-order valence-corrected chi connectivity index (χ2v) is 7.29. The van der Waals surface area contributed by atoms with Crippen molar-refractivity contribution >= 4 is 12.0 Å². The lowest BCUT2D eigenvalue weighted by molar-refractivity contribution is -0.141. The Morgan fingerprint density at radius 2 is 1.76 bits per heavy atom. The van der Waals surface area contributed by atoms with Gasteiger partial charge in [0.05, 0.1) is 0 Å². The van der Waals surface area contributed by atoms with Gasteiger partial charge in [-0.2, -0.15) is 0 Å². The van der Waals surface area contributed by atoms with Gasteiger partial charge in [0, 0.05) is 12.1 Å². The number of amides is 2. The van der Waals surface area contributed by atoms with E-state index in [1.165, 1.54) is 12.8 Å². The normalized spacial score (nSPS) is 19.3. The predicted molar refractivity (Wildman–Crippen MR) is 82.3 cm³/mol. The number of hydrogen-bond acceptors (Lipinski definition) is 3. The molecule has 0 unspecified atom stereocenters. The first-order valence-corrected chi connectivity index (χ1v) is 7.53. The first-order chi connectivity index (χ1) is 9.58. The van der Waals surface area contributed by atoms with Crippen LogP contribution in [-0.2, 0) is 4.79 Å². The van der Waals surface area contributed by atoms with Gasteiger partial charge in [0.2, 0.25) is 0 Å². The van der Waals surface area contributed by atoms with Gasteiger partial charge in [0.15, 0.2) is 0 Å². The lowest BCUT2D eigenvalue weighted by atomic mass is 9.87. The predicted octanol–water partition coefficient (Wildman–Crippen LogP) is 1.66. The van der Waals surface area contributed by atoms with Crippen LogP contribution in [0.2, 0.25) is 0 Å². The molecular formula is C15H29N3O3. The summed E-state index contributed by atoms with van der Waals surface area (Å²) >= 11 is 0. The van der Waals surface area contributed by atoms with Crippen molar-refractivity contribution in [2.24, 2.45) is 5.41 Å². The Bertz CT molecular complexity index is 382. The zero-order valence-electron chi connectivity index (χ0n) is 13.8. The lowest BCUT2D eigenvalue weighted by Gasteiger charge is -2.37. The number of rotatable bonds is 5. The molecule has 0 spiro atoms. The van der Waals surface area contributed by atoms with E-state index in [1.54, 1.807) is 20.8 Å². The quantitative estimate of drug-likeness (QED) is 0.721. The molecule has 0 aromatic carbocycles. The zero-order chi connectivity index (χ0) is 16.3. The van der Waals surface area contributed by atoms with Crippen molar-refractivity contribution < 1.29 is 14.7 Å². The fourth-order valence-electron chi connectivity index (χ4n) is 2.89. The number of nitrogens with zero attached hydrogens (tertiary/aromatic N) is 1. The van der Waals surface area contributed by atoms with Crippen LogP contribution in [0, 0.1) is 5.41 Å². The molecule has 0 aromatic heterocycles. The number of aliphatic carboxylic acids is 1. The molecule has 0 heterocycles. The Morgan fingerprint density at radius 1 is 1.24 bits per heavy atom. The van der Waals surface area contributed by atoms with E-state index in [4.69, 9.17) is 0 Å². The van der Waals surface area contributed by atoms with Crippen molar-refractivity contribution in [3.05, 3.63) is 0 Å². The Labute approximate surface area is 127 Å². The van der Waals surface area contributed by atoms with E-state index >= 15 is 0 Å².